The zero-order valence-electron chi connectivity index (χ0n) is 9.28. The smallest absolute Gasteiger partial charge is 0.148 e. The Kier molecular flexibility index (Phi) is 5.02. The number of hydrogen-bond acceptors (Lipinski definition) is 4. The van der Waals surface area contributed by atoms with E-state index in [1.54, 1.807) is 0 Å². The van der Waals surface area contributed by atoms with Gasteiger partial charge in [0.15, 0.2) is 0 Å². The zero-order chi connectivity index (χ0) is 11.3. The number of hydrogen-bond donors (Lipinski definition) is 2. The molecule has 2 N–H and O–H groups in total. The summed E-state index contributed by atoms with van der Waals surface area (Å²) >= 11 is 0. The van der Waals surface area contributed by atoms with Gasteiger partial charge in [-0.2, -0.15) is 0 Å². The Hall–Kier alpha value is -0.130. The summed E-state index contributed by atoms with van der Waals surface area (Å²) in [4.78, 5) is 0. The molecule has 0 amide bonds. The van der Waals surface area contributed by atoms with Crippen LogP contribution in [-0.4, -0.2) is 44.7 Å². The topological polar surface area (TPSA) is 66.4 Å². The first-order chi connectivity index (χ1) is 6.97. The van der Waals surface area contributed by atoms with E-state index in [9.17, 15) is 13.5 Å². The minimum Gasteiger partial charge on any atom is -0.393 e. The van der Waals surface area contributed by atoms with Gasteiger partial charge in [-0.25, -0.2) is 8.42 Å². The largest absolute Gasteiger partial charge is 0.393 e. The summed E-state index contributed by atoms with van der Waals surface area (Å²) in [6.07, 6.45) is 5.09. The van der Waals surface area contributed by atoms with Gasteiger partial charge in [-0.05, 0) is 31.7 Å². The van der Waals surface area contributed by atoms with Crippen LogP contribution in [-0.2, 0) is 9.84 Å². The second-order valence-electron chi connectivity index (χ2n) is 4.52. The molecular formula is C10H21NO3S. The Morgan fingerprint density at radius 2 is 2.13 bits per heavy atom. The first-order valence-electron chi connectivity index (χ1n) is 5.54. The van der Waals surface area contributed by atoms with Crippen molar-refractivity contribution < 1.29 is 13.5 Å². The molecule has 0 heterocycles. The standard InChI is InChI=1S/C10H21NO3S/c1-15(13,14)6-5-11-8-9-3-2-4-10(12)7-9/h9-12H,2-8H2,1H3. The third-order valence-corrected chi connectivity index (χ3v) is 3.78. The van der Waals surface area contributed by atoms with Crippen LogP contribution >= 0.6 is 0 Å². The maximum atomic E-state index is 10.9. The molecule has 0 saturated heterocycles. The van der Waals surface area contributed by atoms with Gasteiger partial charge in [0.1, 0.15) is 9.84 Å². The molecule has 15 heavy (non-hydrogen) atoms. The molecule has 4 nitrogen and oxygen atoms in total. The predicted molar refractivity (Wildman–Crippen MR) is 60.5 cm³/mol. The van der Waals surface area contributed by atoms with Crippen LogP contribution in [0.4, 0.5) is 0 Å². The van der Waals surface area contributed by atoms with Crippen molar-refractivity contribution in [1.82, 2.24) is 5.32 Å². The average Bonchev–Trinajstić information content (AvgIpc) is 2.11. The van der Waals surface area contributed by atoms with E-state index in [2.05, 4.69) is 5.32 Å². The lowest BCUT2D eigenvalue weighted by atomic mass is 9.87. The molecule has 0 spiro atoms. The van der Waals surface area contributed by atoms with Crippen molar-refractivity contribution in [3.05, 3.63) is 0 Å². The fraction of sp³-hybridized carbons (Fsp3) is 1.00. The van der Waals surface area contributed by atoms with Crippen LogP contribution in [0.1, 0.15) is 25.7 Å². The fourth-order valence-electron chi connectivity index (χ4n) is 2.01. The van der Waals surface area contributed by atoms with E-state index in [1.165, 1.54) is 6.26 Å². The van der Waals surface area contributed by atoms with Gasteiger partial charge in [0, 0.05) is 12.8 Å². The third-order valence-electron chi connectivity index (χ3n) is 2.84. The summed E-state index contributed by atoms with van der Waals surface area (Å²) in [7, 11) is -2.85. The number of rotatable bonds is 5. The van der Waals surface area contributed by atoms with Crippen molar-refractivity contribution in [2.75, 3.05) is 25.1 Å². The number of nitrogens with one attached hydrogen (secondary N) is 1. The maximum Gasteiger partial charge on any atom is 0.148 e. The SMILES string of the molecule is CS(=O)(=O)CCNCC1CCCC(O)C1. The Labute approximate surface area is 92.0 Å². The van der Waals surface area contributed by atoms with Crippen molar-refractivity contribution in [3.63, 3.8) is 0 Å². The molecule has 2 atom stereocenters. The van der Waals surface area contributed by atoms with Crippen molar-refractivity contribution >= 4 is 9.84 Å². The van der Waals surface area contributed by atoms with Crippen LogP contribution in [0, 0.1) is 5.92 Å². The molecule has 5 heteroatoms. The van der Waals surface area contributed by atoms with Gasteiger partial charge in [0.25, 0.3) is 0 Å². The summed E-state index contributed by atoms with van der Waals surface area (Å²) in [5.74, 6) is 0.704. The van der Waals surface area contributed by atoms with Crippen LogP contribution < -0.4 is 5.32 Å². The first-order valence-corrected chi connectivity index (χ1v) is 7.60. The highest BCUT2D eigenvalue weighted by molar-refractivity contribution is 7.90. The lowest BCUT2D eigenvalue weighted by Crippen LogP contribution is -2.31. The van der Waals surface area contributed by atoms with Crippen LogP contribution in [0.2, 0.25) is 0 Å². The molecule has 1 rings (SSSR count). The number of sulfone groups is 1. The highest BCUT2D eigenvalue weighted by atomic mass is 32.2. The summed E-state index contributed by atoms with van der Waals surface area (Å²) < 4.78 is 21.7. The summed E-state index contributed by atoms with van der Waals surface area (Å²) in [6.45, 7) is 1.35. The second kappa shape index (κ2) is 5.82. The van der Waals surface area contributed by atoms with E-state index in [-0.39, 0.29) is 11.9 Å². The van der Waals surface area contributed by atoms with Crippen LogP contribution in [0.25, 0.3) is 0 Å². The lowest BCUT2D eigenvalue weighted by molar-refractivity contribution is 0.101. The Bertz CT molecular complexity index is 276. The third kappa shape index (κ3) is 6.12. The number of aliphatic hydroxyl groups excluding tert-OH is 1. The van der Waals surface area contributed by atoms with Gasteiger partial charge < -0.3 is 10.4 Å². The molecule has 1 aliphatic carbocycles. The van der Waals surface area contributed by atoms with E-state index in [4.69, 9.17) is 0 Å². The van der Waals surface area contributed by atoms with Gasteiger partial charge >= 0.3 is 0 Å². The first kappa shape index (κ1) is 12.9. The van der Waals surface area contributed by atoms with Crippen molar-refractivity contribution in [3.8, 4) is 0 Å². The summed E-state index contributed by atoms with van der Waals surface area (Å²) in [5, 5.41) is 12.6. The van der Waals surface area contributed by atoms with Crippen molar-refractivity contribution in [1.29, 1.82) is 0 Å². The summed E-state index contributed by atoms with van der Waals surface area (Å²) in [5.41, 5.74) is 0. The van der Waals surface area contributed by atoms with Gasteiger partial charge in [0.05, 0.1) is 11.9 Å². The summed E-state index contributed by atoms with van der Waals surface area (Å²) in [6, 6.07) is 0. The molecule has 1 saturated carbocycles. The quantitative estimate of drug-likeness (QED) is 0.667. The maximum absolute atomic E-state index is 10.9. The molecule has 0 bridgehead atoms. The van der Waals surface area contributed by atoms with Crippen molar-refractivity contribution in [2.45, 2.75) is 31.8 Å². The molecule has 0 aromatic carbocycles. The second-order valence-corrected chi connectivity index (χ2v) is 6.78. The van der Waals surface area contributed by atoms with Gasteiger partial charge in [-0.3, -0.25) is 0 Å². The van der Waals surface area contributed by atoms with E-state index in [0.717, 1.165) is 32.2 Å². The van der Waals surface area contributed by atoms with Gasteiger partial charge in [-0.15, -0.1) is 0 Å². The fourth-order valence-corrected chi connectivity index (χ4v) is 2.53. The van der Waals surface area contributed by atoms with Crippen LogP contribution in [0.3, 0.4) is 0 Å². The van der Waals surface area contributed by atoms with E-state index >= 15 is 0 Å². The average molecular weight is 235 g/mol. The van der Waals surface area contributed by atoms with Gasteiger partial charge in [-0.1, -0.05) is 6.42 Å². The molecular weight excluding hydrogens is 214 g/mol. The Morgan fingerprint density at radius 3 is 2.73 bits per heavy atom. The molecule has 0 aromatic rings. The molecule has 2 unspecified atom stereocenters. The minimum absolute atomic E-state index is 0.152. The highest BCUT2D eigenvalue weighted by Crippen LogP contribution is 2.23. The molecule has 90 valence electrons. The predicted octanol–water partition coefficient (Wildman–Crippen LogP) is 0.172. The number of aliphatic hydroxyl groups is 1. The lowest BCUT2D eigenvalue weighted by Gasteiger charge is -2.25. The normalized spacial score (nSPS) is 27.9. The molecule has 1 fully saturated rings. The van der Waals surface area contributed by atoms with Gasteiger partial charge in [0.2, 0.25) is 0 Å². The van der Waals surface area contributed by atoms with Crippen LogP contribution in [0.15, 0.2) is 0 Å². The minimum atomic E-state index is -2.85. The Morgan fingerprint density at radius 1 is 1.40 bits per heavy atom. The monoisotopic (exact) mass is 235 g/mol. The molecule has 0 aliphatic heterocycles. The zero-order valence-corrected chi connectivity index (χ0v) is 10.1. The van der Waals surface area contributed by atoms with E-state index < -0.39 is 9.84 Å². The van der Waals surface area contributed by atoms with Crippen molar-refractivity contribution in [2.24, 2.45) is 5.92 Å². The molecule has 1 aliphatic rings. The molecule has 0 aromatic heterocycles. The van der Waals surface area contributed by atoms with E-state index in [1.807, 2.05) is 0 Å². The van der Waals surface area contributed by atoms with Crippen LogP contribution in [0.5, 0.6) is 0 Å². The van der Waals surface area contributed by atoms with E-state index in [0.29, 0.717) is 12.5 Å². The highest BCUT2D eigenvalue weighted by Gasteiger charge is 2.19. The Balaban J connectivity index is 2.09. The molecule has 0 radical (unpaired) electrons.